The first kappa shape index (κ1) is 38.5. The van der Waals surface area contributed by atoms with E-state index in [2.05, 4.69) is 62.6 Å². The van der Waals surface area contributed by atoms with E-state index in [1.807, 2.05) is 30.0 Å². The molecule has 0 bridgehead atoms. The number of methoxy groups -OCH3 is 1. The molecule has 4 aliphatic heterocycles. The zero-order valence-electron chi connectivity index (χ0n) is 33.6. The summed E-state index contributed by atoms with van der Waals surface area (Å²) < 4.78 is 37.3. The fourth-order valence-corrected chi connectivity index (χ4v) is 10.5. The van der Waals surface area contributed by atoms with Gasteiger partial charge in [-0.05, 0) is 106 Å². The number of alkyl halides is 2. The molecule has 13 heteroatoms. The van der Waals surface area contributed by atoms with Crippen LogP contribution in [0.1, 0.15) is 85.8 Å². The number of benzene rings is 3. The quantitative estimate of drug-likeness (QED) is 0.164. The molecule has 9 rings (SSSR count). The molecule has 306 valence electrons. The van der Waals surface area contributed by atoms with Crippen molar-refractivity contribution < 1.29 is 23.1 Å². The Hall–Kier alpha value is -5.01. The van der Waals surface area contributed by atoms with E-state index < -0.39 is 18.4 Å². The average molecular weight is 794 g/mol. The maximum absolute atomic E-state index is 14.0. The van der Waals surface area contributed by atoms with Crippen molar-refractivity contribution in [3.8, 4) is 5.75 Å². The van der Waals surface area contributed by atoms with Crippen LogP contribution in [0.5, 0.6) is 5.75 Å². The zero-order valence-corrected chi connectivity index (χ0v) is 33.6. The topological polar surface area (TPSA) is 108 Å². The zero-order chi connectivity index (χ0) is 40.2. The summed E-state index contributed by atoms with van der Waals surface area (Å²) in [6.07, 6.45) is 3.10. The second-order valence-corrected chi connectivity index (χ2v) is 17.0. The van der Waals surface area contributed by atoms with E-state index in [1.54, 1.807) is 23.3 Å². The molecule has 0 aliphatic carbocycles. The van der Waals surface area contributed by atoms with Crippen molar-refractivity contribution in [2.24, 2.45) is 13.0 Å². The van der Waals surface area contributed by atoms with Gasteiger partial charge >= 0.3 is 5.69 Å². The number of aromatic amines is 1. The highest BCUT2D eigenvalue weighted by Gasteiger charge is 2.39. The number of rotatable bonds is 9. The van der Waals surface area contributed by atoms with Gasteiger partial charge in [-0.2, -0.15) is 0 Å². The van der Waals surface area contributed by atoms with Gasteiger partial charge in [0, 0.05) is 73.1 Å². The number of carbonyl (C=O) groups is 2. The van der Waals surface area contributed by atoms with Crippen molar-refractivity contribution in [3.63, 3.8) is 0 Å². The van der Waals surface area contributed by atoms with Crippen molar-refractivity contribution in [2.75, 3.05) is 51.3 Å². The standard InChI is InChI=1S/C45H53F2N7O4/c1-27-22-34-32-6-4-5-7-35(32)48-42(34)43(53(27)26-40(46)47)33-10-9-31(24-39(33)58-3)52-20-14-28(15-21-52)25-51-18-16-29(17-19-51)30-8-11-36-38(23-30)50(2)45(57)54(36)37-12-13-41(55)49-44(37)56/h4-11,23-24,27-29,37,40,43,48H,12-22,25-26H2,1-3H3,(H,49,55,56)/t27-,37?,43-/m1/s1. The first-order chi connectivity index (χ1) is 28.1. The number of aromatic nitrogens is 3. The van der Waals surface area contributed by atoms with Crippen LogP contribution in [0.4, 0.5) is 14.5 Å². The molecule has 0 saturated carbocycles. The number of likely N-dealkylation sites (tertiary alicyclic amines) is 1. The molecule has 4 aliphatic rings. The van der Waals surface area contributed by atoms with Crippen LogP contribution in [-0.4, -0.2) is 94.6 Å². The summed E-state index contributed by atoms with van der Waals surface area (Å²) in [5.74, 6) is 1.02. The van der Waals surface area contributed by atoms with Crippen LogP contribution in [0, 0.1) is 5.92 Å². The number of nitrogens with one attached hydrogen (secondary N) is 2. The Bertz CT molecular complexity index is 2400. The number of aryl methyl sites for hydroxylation is 1. The number of nitrogens with zero attached hydrogens (tertiary/aromatic N) is 5. The monoisotopic (exact) mass is 793 g/mol. The largest absolute Gasteiger partial charge is 0.496 e. The summed E-state index contributed by atoms with van der Waals surface area (Å²) in [7, 11) is 3.43. The lowest BCUT2D eigenvalue weighted by Crippen LogP contribution is -2.45. The molecule has 58 heavy (non-hydrogen) atoms. The maximum atomic E-state index is 14.0. The van der Waals surface area contributed by atoms with E-state index in [-0.39, 0.29) is 36.6 Å². The summed E-state index contributed by atoms with van der Waals surface area (Å²) in [6, 6.07) is 19.6. The second kappa shape index (κ2) is 15.6. The predicted octanol–water partition coefficient (Wildman–Crippen LogP) is 6.50. The van der Waals surface area contributed by atoms with Gasteiger partial charge in [0.25, 0.3) is 6.43 Å². The second-order valence-electron chi connectivity index (χ2n) is 17.0. The SMILES string of the molecule is COc1cc(N2CCC(CN3CCC(c4ccc5c(c4)n(C)c(=O)n5C4CCC(=O)NC4=O)CC3)CC2)ccc1[C@@H]1c2[nH]c3ccccc3c2C[C@@H](C)N1CC(F)F. The van der Waals surface area contributed by atoms with Crippen molar-refractivity contribution in [1.82, 2.24) is 29.2 Å². The third kappa shape index (κ3) is 6.99. The van der Waals surface area contributed by atoms with Crippen molar-refractivity contribution in [1.29, 1.82) is 0 Å². The van der Waals surface area contributed by atoms with Gasteiger partial charge < -0.3 is 19.5 Å². The highest BCUT2D eigenvalue weighted by molar-refractivity contribution is 6.00. The number of piperidine rings is 3. The lowest BCUT2D eigenvalue weighted by Gasteiger charge is -2.41. The number of carbonyl (C=O) groups excluding carboxylic acids is 2. The lowest BCUT2D eigenvalue weighted by molar-refractivity contribution is -0.135. The molecule has 2 N–H and O–H groups in total. The summed E-state index contributed by atoms with van der Waals surface area (Å²) in [5.41, 5.74) is 7.73. The van der Waals surface area contributed by atoms with Crippen molar-refractivity contribution in [2.45, 2.75) is 82.3 Å². The van der Waals surface area contributed by atoms with Gasteiger partial charge in [-0.1, -0.05) is 30.3 Å². The van der Waals surface area contributed by atoms with E-state index in [4.69, 9.17) is 4.74 Å². The molecule has 6 heterocycles. The number of imidazole rings is 1. The Morgan fingerprint density at radius 1 is 0.897 bits per heavy atom. The van der Waals surface area contributed by atoms with E-state index in [0.717, 1.165) is 103 Å². The fourth-order valence-electron chi connectivity index (χ4n) is 10.5. The van der Waals surface area contributed by atoms with E-state index >= 15 is 0 Å². The van der Waals surface area contributed by atoms with Gasteiger partial charge in [0.1, 0.15) is 11.8 Å². The number of para-hydroxylation sites is 1. The van der Waals surface area contributed by atoms with Gasteiger partial charge in [0.2, 0.25) is 11.8 Å². The number of hydrogen-bond donors (Lipinski definition) is 2. The minimum absolute atomic E-state index is 0.0622. The van der Waals surface area contributed by atoms with E-state index in [9.17, 15) is 23.2 Å². The minimum atomic E-state index is -2.45. The molecule has 3 atom stereocenters. The van der Waals surface area contributed by atoms with E-state index in [1.165, 1.54) is 11.1 Å². The Kier molecular flexibility index (Phi) is 10.4. The van der Waals surface area contributed by atoms with Crippen LogP contribution in [0.2, 0.25) is 0 Å². The van der Waals surface area contributed by atoms with E-state index in [0.29, 0.717) is 24.7 Å². The smallest absolute Gasteiger partial charge is 0.329 e. The molecule has 3 fully saturated rings. The number of ether oxygens (including phenoxy) is 1. The number of anilines is 1. The Morgan fingerprint density at radius 2 is 1.67 bits per heavy atom. The Balaban J connectivity index is 0.834. The van der Waals surface area contributed by atoms with Crippen molar-refractivity contribution >= 4 is 39.4 Å². The molecule has 5 aromatic rings. The molecule has 2 aromatic heterocycles. The minimum Gasteiger partial charge on any atom is -0.496 e. The average Bonchev–Trinajstić information content (AvgIpc) is 3.71. The predicted molar refractivity (Wildman–Crippen MR) is 221 cm³/mol. The van der Waals surface area contributed by atoms with Crippen LogP contribution in [0.3, 0.4) is 0 Å². The number of H-pyrrole nitrogens is 1. The number of amides is 2. The third-order valence-corrected chi connectivity index (χ3v) is 13.6. The summed E-state index contributed by atoms with van der Waals surface area (Å²) >= 11 is 0. The molecule has 2 amide bonds. The highest BCUT2D eigenvalue weighted by Crippen LogP contribution is 2.45. The molecule has 1 unspecified atom stereocenters. The third-order valence-electron chi connectivity index (χ3n) is 13.6. The normalized spacial score (nSPS) is 22.9. The maximum Gasteiger partial charge on any atom is 0.329 e. The lowest BCUT2D eigenvalue weighted by atomic mass is 9.87. The number of fused-ring (bicyclic) bond motifs is 4. The van der Waals surface area contributed by atoms with Gasteiger partial charge in [-0.25, -0.2) is 13.6 Å². The first-order valence-corrected chi connectivity index (χ1v) is 20.9. The molecule has 0 radical (unpaired) electrons. The fraction of sp³-hybridized carbons (Fsp3) is 0.489. The van der Waals surface area contributed by atoms with Crippen LogP contribution in [0.25, 0.3) is 21.9 Å². The van der Waals surface area contributed by atoms with Gasteiger partial charge in [0.15, 0.2) is 0 Å². The van der Waals surface area contributed by atoms with Gasteiger partial charge in [-0.3, -0.25) is 28.9 Å². The molecule has 11 nitrogen and oxygen atoms in total. The Morgan fingerprint density at radius 3 is 2.41 bits per heavy atom. The van der Waals surface area contributed by atoms with Crippen molar-refractivity contribution in [3.05, 3.63) is 93.5 Å². The molecule has 0 spiro atoms. The highest BCUT2D eigenvalue weighted by atomic mass is 19.3. The van der Waals surface area contributed by atoms with Crippen LogP contribution < -0.4 is 20.6 Å². The first-order valence-electron chi connectivity index (χ1n) is 20.9. The molecular weight excluding hydrogens is 741 g/mol. The summed E-state index contributed by atoms with van der Waals surface area (Å²) in [4.78, 5) is 48.2. The molecular formula is C45H53F2N7O4. The summed E-state index contributed by atoms with van der Waals surface area (Å²) in [5, 5.41) is 3.54. The molecule has 3 aromatic carbocycles. The van der Waals surface area contributed by atoms with Crippen LogP contribution >= 0.6 is 0 Å². The van der Waals surface area contributed by atoms with Gasteiger partial charge in [-0.15, -0.1) is 0 Å². The number of halogens is 2. The van der Waals surface area contributed by atoms with Gasteiger partial charge in [0.05, 0.1) is 30.7 Å². The van der Waals surface area contributed by atoms with Crippen LogP contribution in [0.15, 0.2) is 65.5 Å². The van der Waals surface area contributed by atoms with Crippen LogP contribution in [-0.2, 0) is 23.1 Å². The number of hydrogen-bond acceptors (Lipinski definition) is 7. The summed E-state index contributed by atoms with van der Waals surface area (Å²) in [6.45, 7) is 6.77. The Labute approximate surface area is 336 Å². The number of imide groups is 1. The molecule has 3 saturated heterocycles.